The zero-order chi connectivity index (χ0) is 18.3. The van der Waals surface area contributed by atoms with Gasteiger partial charge in [-0.05, 0) is 37.8 Å². The summed E-state index contributed by atoms with van der Waals surface area (Å²) < 4.78 is 32.2. The molecule has 24 heavy (non-hydrogen) atoms. The van der Waals surface area contributed by atoms with Crippen molar-refractivity contribution in [1.82, 2.24) is 4.31 Å². The number of hydrogen-bond acceptors (Lipinski definition) is 4. The van der Waals surface area contributed by atoms with Gasteiger partial charge in [0, 0.05) is 6.54 Å². The van der Waals surface area contributed by atoms with Gasteiger partial charge in [0.1, 0.15) is 6.04 Å². The van der Waals surface area contributed by atoms with Crippen molar-refractivity contribution in [2.45, 2.75) is 44.6 Å². The van der Waals surface area contributed by atoms with Crippen LogP contribution in [0.5, 0.6) is 0 Å². The minimum Gasteiger partial charge on any atom is -0.468 e. The molecule has 1 aromatic rings. The number of sulfonamides is 1. The van der Waals surface area contributed by atoms with E-state index >= 15 is 0 Å². The molecule has 1 aromatic carbocycles. The predicted octanol–water partition coefficient (Wildman–Crippen LogP) is 3.15. The van der Waals surface area contributed by atoms with Crippen molar-refractivity contribution in [1.29, 1.82) is 0 Å². The number of hydrogen-bond donors (Lipinski definition) is 0. The number of aryl methyl sites for hydroxylation is 1. The highest BCUT2D eigenvalue weighted by molar-refractivity contribution is 7.89. The van der Waals surface area contributed by atoms with E-state index in [1.165, 1.54) is 17.5 Å². The van der Waals surface area contributed by atoms with Gasteiger partial charge in [0.2, 0.25) is 10.0 Å². The first-order valence-electron chi connectivity index (χ1n) is 8.01. The van der Waals surface area contributed by atoms with Crippen molar-refractivity contribution in [3.63, 3.8) is 0 Å². The standard InChI is InChI=1S/C18H27NO4S/c1-6-7-17(18(20)23-5)19(13-12-14(2)3)24(21,22)16-10-8-15(4)9-11-16/h6,8-11,14,17H,1,7,12-13H2,2-5H3/t17-/m0/s1. The topological polar surface area (TPSA) is 63.7 Å². The molecule has 6 heteroatoms. The number of rotatable bonds is 9. The highest BCUT2D eigenvalue weighted by Crippen LogP contribution is 2.22. The van der Waals surface area contributed by atoms with Gasteiger partial charge in [0.25, 0.3) is 0 Å². The van der Waals surface area contributed by atoms with Gasteiger partial charge in [-0.3, -0.25) is 4.79 Å². The first-order valence-corrected chi connectivity index (χ1v) is 9.45. The van der Waals surface area contributed by atoms with E-state index in [-0.39, 0.29) is 17.9 Å². The zero-order valence-electron chi connectivity index (χ0n) is 14.9. The van der Waals surface area contributed by atoms with Gasteiger partial charge in [0.05, 0.1) is 12.0 Å². The molecule has 134 valence electrons. The number of ether oxygens (including phenoxy) is 1. The molecule has 0 aliphatic rings. The Hall–Kier alpha value is -1.66. The maximum atomic E-state index is 13.1. The second-order valence-electron chi connectivity index (χ2n) is 6.17. The maximum absolute atomic E-state index is 13.1. The molecule has 5 nitrogen and oxygen atoms in total. The van der Waals surface area contributed by atoms with Crippen LogP contribution in [0.4, 0.5) is 0 Å². The fourth-order valence-corrected chi connectivity index (χ4v) is 3.90. The van der Waals surface area contributed by atoms with Crippen LogP contribution < -0.4 is 0 Å². The number of carbonyl (C=O) groups excluding carboxylic acids is 1. The molecule has 0 radical (unpaired) electrons. The smallest absolute Gasteiger partial charge is 0.324 e. The first-order chi connectivity index (χ1) is 11.2. The summed E-state index contributed by atoms with van der Waals surface area (Å²) in [5.74, 6) is -0.267. The minimum atomic E-state index is -3.81. The van der Waals surface area contributed by atoms with Crippen molar-refractivity contribution in [3.8, 4) is 0 Å². The molecular weight excluding hydrogens is 326 g/mol. The van der Waals surface area contributed by atoms with Gasteiger partial charge < -0.3 is 4.74 Å². The summed E-state index contributed by atoms with van der Waals surface area (Å²) in [6.07, 6.45) is 2.39. The van der Waals surface area contributed by atoms with Gasteiger partial charge in [-0.25, -0.2) is 8.42 Å². The molecule has 0 heterocycles. The molecule has 0 aliphatic carbocycles. The lowest BCUT2D eigenvalue weighted by Crippen LogP contribution is -2.46. The van der Waals surface area contributed by atoms with Crippen LogP contribution in [0.2, 0.25) is 0 Å². The van der Waals surface area contributed by atoms with E-state index in [1.807, 2.05) is 20.8 Å². The Labute approximate surface area is 145 Å². The van der Waals surface area contributed by atoms with E-state index < -0.39 is 22.0 Å². The Morgan fingerprint density at radius 2 is 1.88 bits per heavy atom. The van der Waals surface area contributed by atoms with Crippen LogP contribution in [0.1, 0.15) is 32.3 Å². The van der Waals surface area contributed by atoms with E-state index in [9.17, 15) is 13.2 Å². The van der Waals surface area contributed by atoms with Crippen molar-refractivity contribution < 1.29 is 17.9 Å². The van der Waals surface area contributed by atoms with Gasteiger partial charge in [-0.2, -0.15) is 4.31 Å². The van der Waals surface area contributed by atoms with Crippen molar-refractivity contribution in [2.24, 2.45) is 5.92 Å². The van der Waals surface area contributed by atoms with Crippen molar-refractivity contribution in [2.75, 3.05) is 13.7 Å². The molecule has 0 unspecified atom stereocenters. The first kappa shape index (κ1) is 20.4. The second kappa shape index (κ2) is 8.99. The Bertz CT molecular complexity index is 650. The average molecular weight is 353 g/mol. The van der Waals surface area contributed by atoms with E-state index in [0.29, 0.717) is 12.3 Å². The summed E-state index contributed by atoms with van der Waals surface area (Å²) in [4.78, 5) is 12.3. The second-order valence-corrected chi connectivity index (χ2v) is 8.07. The third-order valence-corrected chi connectivity index (χ3v) is 5.69. The van der Waals surface area contributed by atoms with Crippen LogP contribution in [-0.4, -0.2) is 38.4 Å². The molecule has 1 rings (SSSR count). The molecule has 0 saturated heterocycles. The molecule has 0 bridgehead atoms. The number of nitrogens with zero attached hydrogens (tertiary/aromatic N) is 1. The summed E-state index contributed by atoms with van der Waals surface area (Å²) in [5, 5.41) is 0. The number of methoxy groups -OCH3 is 1. The summed E-state index contributed by atoms with van der Waals surface area (Å²) in [6, 6.07) is 5.71. The lowest BCUT2D eigenvalue weighted by atomic mass is 10.1. The maximum Gasteiger partial charge on any atom is 0.324 e. The predicted molar refractivity (Wildman–Crippen MR) is 95.1 cm³/mol. The Morgan fingerprint density at radius 3 is 2.33 bits per heavy atom. The van der Waals surface area contributed by atoms with E-state index in [1.54, 1.807) is 24.3 Å². The van der Waals surface area contributed by atoms with Crippen LogP contribution in [0, 0.1) is 12.8 Å². The molecular formula is C18H27NO4S. The molecule has 0 amide bonds. The van der Waals surface area contributed by atoms with Crippen LogP contribution in [0.25, 0.3) is 0 Å². The van der Waals surface area contributed by atoms with Crippen molar-refractivity contribution in [3.05, 3.63) is 42.5 Å². The quantitative estimate of drug-likeness (QED) is 0.505. The molecule has 0 aliphatic heterocycles. The Kier molecular flexibility index (Phi) is 7.63. The summed E-state index contributed by atoms with van der Waals surface area (Å²) in [6.45, 7) is 9.80. The molecule has 0 spiro atoms. The molecule has 0 fully saturated rings. The Morgan fingerprint density at radius 1 is 1.29 bits per heavy atom. The van der Waals surface area contributed by atoms with Crippen LogP contribution in [0.3, 0.4) is 0 Å². The lowest BCUT2D eigenvalue weighted by molar-refractivity contribution is -0.145. The molecule has 1 atom stereocenters. The van der Waals surface area contributed by atoms with Gasteiger partial charge in [0.15, 0.2) is 0 Å². The lowest BCUT2D eigenvalue weighted by Gasteiger charge is -2.29. The fourth-order valence-electron chi connectivity index (χ4n) is 2.30. The largest absolute Gasteiger partial charge is 0.468 e. The zero-order valence-corrected chi connectivity index (χ0v) is 15.7. The SMILES string of the molecule is C=CC[C@@H](C(=O)OC)N(CCC(C)C)S(=O)(=O)c1ccc(C)cc1. The average Bonchev–Trinajstić information content (AvgIpc) is 2.53. The third kappa shape index (κ3) is 5.18. The van der Waals surface area contributed by atoms with E-state index in [0.717, 1.165) is 5.56 Å². The van der Waals surface area contributed by atoms with Gasteiger partial charge in [-0.1, -0.05) is 37.6 Å². The van der Waals surface area contributed by atoms with Crippen LogP contribution >= 0.6 is 0 Å². The van der Waals surface area contributed by atoms with Crippen LogP contribution in [0.15, 0.2) is 41.8 Å². The van der Waals surface area contributed by atoms with Gasteiger partial charge in [-0.15, -0.1) is 6.58 Å². The highest BCUT2D eigenvalue weighted by atomic mass is 32.2. The van der Waals surface area contributed by atoms with Gasteiger partial charge >= 0.3 is 5.97 Å². The van der Waals surface area contributed by atoms with Crippen molar-refractivity contribution >= 4 is 16.0 Å². The number of carbonyl (C=O) groups is 1. The normalized spacial score (nSPS) is 13.1. The highest BCUT2D eigenvalue weighted by Gasteiger charge is 2.35. The molecule has 0 saturated carbocycles. The van der Waals surface area contributed by atoms with Crippen LogP contribution in [-0.2, 0) is 19.6 Å². The molecule has 0 N–H and O–H groups in total. The van der Waals surface area contributed by atoms with E-state index in [2.05, 4.69) is 6.58 Å². The third-order valence-electron chi connectivity index (χ3n) is 3.77. The monoisotopic (exact) mass is 353 g/mol. The number of benzene rings is 1. The van der Waals surface area contributed by atoms with E-state index in [4.69, 9.17) is 4.74 Å². The Balaban J connectivity index is 3.30. The molecule has 0 aromatic heterocycles. The minimum absolute atomic E-state index is 0.176. The number of esters is 1. The fraction of sp³-hybridized carbons (Fsp3) is 0.500. The summed E-state index contributed by atoms with van der Waals surface area (Å²) in [7, 11) is -2.54. The summed E-state index contributed by atoms with van der Waals surface area (Å²) in [5.41, 5.74) is 0.971. The summed E-state index contributed by atoms with van der Waals surface area (Å²) >= 11 is 0.